The van der Waals surface area contributed by atoms with E-state index in [4.69, 9.17) is 4.74 Å². The second-order valence-electron chi connectivity index (χ2n) is 6.60. The van der Waals surface area contributed by atoms with Crippen LogP contribution in [-0.2, 0) is 19.4 Å². The molecule has 2 aromatic carbocycles. The fourth-order valence-electron chi connectivity index (χ4n) is 2.77. The molecule has 0 aliphatic rings. The van der Waals surface area contributed by atoms with Gasteiger partial charge in [-0.3, -0.25) is 14.4 Å². The minimum absolute atomic E-state index is 0.00944. The number of rotatable bonds is 9. The molecular weight excluding hydrogens is 408 g/mol. The second-order valence-corrected chi connectivity index (χ2v) is 8.79. The molecule has 0 fully saturated rings. The molecule has 0 aromatic heterocycles. The molecule has 0 saturated heterocycles. The molecule has 0 heterocycles. The normalized spacial score (nSPS) is 12.0. The first-order valence-corrected chi connectivity index (χ1v) is 10.9. The number of carbonyl (C=O) groups excluding carboxylic acids is 3. The van der Waals surface area contributed by atoms with Crippen LogP contribution in [0.2, 0.25) is 0 Å². The van der Waals surface area contributed by atoms with Crippen LogP contribution in [0.1, 0.15) is 30.6 Å². The lowest BCUT2D eigenvalue weighted by Gasteiger charge is -2.16. The van der Waals surface area contributed by atoms with E-state index in [0.717, 1.165) is 0 Å². The molecule has 2 amide bonds. The van der Waals surface area contributed by atoms with Gasteiger partial charge >= 0.3 is 0 Å². The SMILES string of the molecule is CCC(C(=O)Nc1ccc(C(C)=O)cc1)S(=O)(=O)CC(=O)Nc1ccc(OC)cc1. The van der Waals surface area contributed by atoms with Crippen LogP contribution in [0.15, 0.2) is 48.5 Å². The van der Waals surface area contributed by atoms with Crippen molar-refractivity contribution in [2.45, 2.75) is 25.5 Å². The molecule has 160 valence electrons. The van der Waals surface area contributed by atoms with Gasteiger partial charge in [-0.2, -0.15) is 0 Å². The van der Waals surface area contributed by atoms with Crippen LogP contribution in [0.25, 0.3) is 0 Å². The number of ether oxygens (including phenoxy) is 1. The quantitative estimate of drug-likeness (QED) is 0.588. The molecule has 0 aliphatic carbocycles. The highest BCUT2D eigenvalue weighted by atomic mass is 32.2. The van der Waals surface area contributed by atoms with Crippen molar-refractivity contribution >= 4 is 38.8 Å². The largest absolute Gasteiger partial charge is 0.497 e. The summed E-state index contributed by atoms with van der Waals surface area (Å²) in [4.78, 5) is 36.0. The van der Waals surface area contributed by atoms with E-state index < -0.39 is 32.7 Å². The van der Waals surface area contributed by atoms with Gasteiger partial charge in [0, 0.05) is 16.9 Å². The van der Waals surface area contributed by atoms with Crippen LogP contribution < -0.4 is 15.4 Å². The van der Waals surface area contributed by atoms with Crippen LogP contribution in [0.4, 0.5) is 11.4 Å². The number of hydrogen-bond donors (Lipinski definition) is 2. The molecule has 2 rings (SSSR count). The number of amides is 2. The Labute approximate surface area is 175 Å². The molecule has 0 aliphatic heterocycles. The molecule has 0 bridgehead atoms. The number of nitrogens with one attached hydrogen (secondary N) is 2. The Morgan fingerprint density at radius 1 is 0.933 bits per heavy atom. The Balaban J connectivity index is 2.04. The first kappa shape index (κ1) is 23.1. The molecule has 9 heteroatoms. The molecular formula is C21H24N2O6S. The summed E-state index contributed by atoms with van der Waals surface area (Å²) in [6, 6.07) is 12.5. The van der Waals surface area contributed by atoms with Crippen molar-refractivity contribution in [3.8, 4) is 5.75 Å². The Hall–Kier alpha value is -3.20. The van der Waals surface area contributed by atoms with Crippen LogP contribution >= 0.6 is 0 Å². The maximum Gasteiger partial charge on any atom is 0.242 e. The lowest BCUT2D eigenvalue weighted by molar-refractivity contribution is -0.115. The van der Waals surface area contributed by atoms with Gasteiger partial charge in [-0.25, -0.2) is 8.42 Å². The van der Waals surface area contributed by atoms with Gasteiger partial charge in [0.15, 0.2) is 15.6 Å². The van der Waals surface area contributed by atoms with Gasteiger partial charge < -0.3 is 15.4 Å². The van der Waals surface area contributed by atoms with E-state index in [2.05, 4.69) is 10.6 Å². The van der Waals surface area contributed by atoms with Crippen LogP contribution in [-0.4, -0.2) is 44.1 Å². The minimum atomic E-state index is -4.05. The number of carbonyl (C=O) groups is 3. The maximum absolute atomic E-state index is 12.7. The summed E-state index contributed by atoms with van der Waals surface area (Å²) in [6.07, 6.45) is 0.00944. The number of anilines is 2. The predicted octanol–water partition coefficient (Wildman–Crippen LogP) is 2.67. The molecule has 30 heavy (non-hydrogen) atoms. The van der Waals surface area contributed by atoms with Crippen molar-refractivity contribution in [2.24, 2.45) is 0 Å². The van der Waals surface area contributed by atoms with Gasteiger partial charge in [-0.05, 0) is 61.9 Å². The number of sulfone groups is 1. The third-order valence-electron chi connectivity index (χ3n) is 4.36. The average molecular weight is 432 g/mol. The van der Waals surface area contributed by atoms with Crippen molar-refractivity contribution in [2.75, 3.05) is 23.5 Å². The third-order valence-corrected chi connectivity index (χ3v) is 6.44. The van der Waals surface area contributed by atoms with E-state index in [0.29, 0.717) is 22.7 Å². The van der Waals surface area contributed by atoms with E-state index in [9.17, 15) is 22.8 Å². The molecule has 8 nitrogen and oxygen atoms in total. The average Bonchev–Trinajstić information content (AvgIpc) is 2.68. The minimum Gasteiger partial charge on any atom is -0.497 e. The maximum atomic E-state index is 12.7. The molecule has 1 atom stereocenters. The van der Waals surface area contributed by atoms with Gasteiger partial charge in [-0.15, -0.1) is 0 Å². The summed E-state index contributed by atoms with van der Waals surface area (Å²) in [5, 5.41) is 3.64. The zero-order valence-electron chi connectivity index (χ0n) is 17.0. The van der Waals surface area contributed by atoms with Crippen LogP contribution in [0.3, 0.4) is 0 Å². The lowest BCUT2D eigenvalue weighted by atomic mass is 10.1. The van der Waals surface area contributed by atoms with Crippen molar-refractivity contribution in [3.63, 3.8) is 0 Å². The number of ketones is 1. The monoisotopic (exact) mass is 432 g/mol. The highest BCUT2D eigenvalue weighted by molar-refractivity contribution is 7.93. The molecule has 2 aromatic rings. The van der Waals surface area contributed by atoms with Gasteiger partial charge in [0.05, 0.1) is 7.11 Å². The Morgan fingerprint density at radius 3 is 1.97 bits per heavy atom. The predicted molar refractivity (Wildman–Crippen MR) is 115 cm³/mol. The summed E-state index contributed by atoms with van der Waals surface area (Å²) >= 11 is 0. The summed E-state index contributed by atoms with van der Waals surface area (Å²) in [6.45, 7) is 2.98. The van der Waals surface area contributed by atoms with E-state index in [-0.39, 0.29) is 12.2 Å². The van der Waals surface area contributed by atoms with E-state index in [1.165, 1.54) is 38.3 Å². The van der Waals surface area contributed by atoms with Crippen molar-refractivity contribution < 1.29 is 27.5 Å². The van der Waals surface area contributed by atoms with Crippen molar-refractivity contribution in [3.05, 3.63) is 54.1 Å². The van der Waals surface area contributed by atoms with E-state index >= 15 is 0 Å². The second kappa shape index (κ2) is 10.0. The highest BCUT2D eigenvalue weighted by Gasteiger charge is 2.33. The van der Waals surface area contributed by atoms with Crippen molar-refractivity contribution in [1.82, 2.24) is 0 Å². The fraction of sp³-hybridized carbons (Fsp3) is 0.286. The number of benzene rings is 2. The Bertz CT molecular complexity index is 1010. The standard InChI is InChI=1S/C21H24N2O6S/c1-4-19(21(26)23-17-7-5-15(6-8-17)14(2)24)30(27,28)13-20(25)22-16-9-11-18(29-3)12-10-16/h5-12,19H,4,13H2,1-3H3,(H,22,25)(H,23,26). The number of methoxy groups -OCH3 is 1. The summed E-state index contributed by atoms with van der Waals surface area (Å²) < 4.78 is 30.3. The third kappa shape index (κ3) is 6.15. The smallest absolute Gasteiger partial charge is 0.242 e. The topological polar surface area (TPSA) is 119 Å². The molecule has 1 unspecified atom stereocenters. The fourth-order valence-corrected chi connectivity index (χ4v) is 4.30. The molecule has 0 saturated carbocycles. The zero-order valence-corrected chi connectivity index (χ0v) is 17.8. The zero-order chi connectivity index (χ0) is 22.3. The van der Waals surface area contributed by atoms with Crippen LogP contribution in [0, 0.1) is 0 Å². The Morgan fingerprint density at radius 2 is 1.47 bits per heavy atom. The van der Waals surface area contributed by atoms with Crippen molar-refractivity contribution in [1.29, 1.82) is 0 Å². The van der Waals surface area contributed by atoms with E-state index in [1.54, 1.807) is 31.2 Å². The Kier molecular flexibility index (Phi) is 7.71. The summed E-state index contributed by atoms with van der Waals surface area (Å²) in [7, 11) is -2.54. The molecule has 0 radical (unpaired) electrons. The van der Waals surface area contributed by atoms with E-state index in [1.807, 2.05) is 0 Å². The van der Waals surface area contributed by atoms with Gasteiger partial charge in [0.1, 0.15) is 16.8 Å². The van der Waals surface area contributed by atoms with Gasteiger partial charge in [0.2, 0.25) is 11.8 Å². The lowest BCUT2D eigenvalue weighted by Crippen LogP contribution is -2.39. The molecule has 2 N–H and O–H groups in total. The summed E-state index contributed by atoms with van der Waals surface area (Å²) in [5.41, 5.74) is 1.25. The highest BCUT2D eigenvalue weighted by Crippen LogP contribution is 2.17. The molecule has 0 spiro atoms. The summed E-state index contributed by atoms with van der Waals surface area (Å²) in [5.74, 6) is -1.82. The number of Topliss-reactive ketones (excluding diaryl/α,β-unsaturated/α-hetero) is 1. The number of hydrogen-bond acceptors (Lipinski definition) is 6. The first-order chi connectivity index (χ1) is 14.2. The van der Waals surface area contributed by atoms with Crippen LogP contribution in [0.5, 0.6) is 5.75 Å². The van der Waals surface area contributed by atoms with Gasteiger partial charge in [-0.1, -0.05) is 6.92 Å². The first-order valence-electron chi connectivity index (χ1n) is 9.23. The van der Waals surface area contributed by atoms with Gasteiger partial charge in [0.25, 0.3) is 0 Å².